The van der Waals surface area contributed by atoms with Crippen molar-refractivity contribution in [2.75, 3.05) is 56.7 Å². The highest BCUT2D eigenvalue weighted by Gasteiger charge is 2.28. The summed E-state index contributed by atoms with van der Waals surface area (Å²) >= 11 is 1.53. The quantitative estimate of drug-likeness (QED) is 0.0479. The van der Waals surface area contributed by atoms with Gasteiger partial charge in [0.05, 0.1) is 38.7 Å². The molecule has 0 aliphatic rings. The van der Waals surface area contributed by atoms with Gasteiger partial charge in [-0.25, -0.2) is 9.97 Å². The molecule has 0 radical (unpaired) electrons. The highest BCUT2D eigenvalue weighted by molar-refractivity contribution is 7.13. The number of nitrogens with two attached hydrogens (primary N) is 1. The van der Waals surface area contributed by atoms with E-state index in [2.05, 4.69) is 50.4 Å². The van der Waals surface area contributed by atoms with Crippen molar-refractivity contribution in [3.63, 3.8) is 0 Å². The molecule has 0 fully saturated rings. The fraction of sp³-hybridized carbons (Fsp3) is 0.463. The molecule has 4 aromatic rings. The van der Waals surface area contributed by atoms with Crippen LogP contribution in [0.3, 0.4) is 0 Å². The summed E-state index contributed by atoms with van der Waals surface area (Å²) in [5.41, 5.74) is 9.31. The number of rotatable bonds is 25. The monoisotopic (exact) mass is 803 g/mol. The van der Waals surface area contributed by atoms with Gasteiger partial charge in [0.1, 0.15) is 23.0 Å². The third-order valence-corrected chi connectivity index (χ3v) is 9.44. The zero-order chi connectivity index (χ0) is 41.0. The molecule has 16 heteroatoms. The van der Waals surface area contributed by atoms with Crippen LogP contribution < -0.4 is 32.3 Å². The van der Waals surface area contributed by atoms with Gasteiger partial charge in [-0.3, -0.25) is 14.4 Å². The Balaban J connectivity index is 1.06. The van der Waals surface area contributed by atoms with Crippen LogP contribution in [0.1, 0.15) is 55.7 Å². The largest absolute Gasteiger partial charge is 0.382 e. The minimum absolute atomic E-state index is 0.121. The molecular formula is C41H57N9O6S. The summed E-state index contributed by atoms with van der Waals surface area (Å²) in [4.78, 5) is 51.8. The van der Waals surface area contributed by atoms with E-state index in [1.54, 1.807) is 18.3 Å². The van der Waals surface area contributed by atoms with E-state index in [9.17, 15) is 19.5 Å². The lowest BCUT2D eigenvalue weighted by Crippen LogP contribution is -2.54. The third-order valence-electron chi connectivity index (χ3n) is 8.50. The molecule has 3 amide bonds. The number of nitrogens with one attached hydrogen (secondary N) is 5. The fourth-order valence-electron chi connectivity index (χ4n) is 5.49. The average molecular weight is 804 g/mol. The van der Waals surface area contributed by atoms with Gasteiger partial charge in [0.25, 0.3) is 11.8 Å². The highest BCUT2D eigenvalue weighted by atomic mass is 32.1. The Bertz CT molecular complexity index is 1810. The Hall–Kier alpha value is -5.00. The van der Waals surface area contributed by atoms with E-state index < -0.39 is 24.1 Å². The molecule has 8 N–H and O–H groups in total. The molecule has 0 aliphatic heterocycles. The van der Waals surface area contributed by atoms with E-state index >= 15 is 0 Å². The van der Waals surface area contributed by atoms with E-state index in [1.807, 2.05) is 67.8 Å². The van der Waals surface area contributed by atoms with Gasteiger partial charge in [0.15, 0.2) is 0 Å². The van der Waals surface area contributed by atoms with Crippen molar-refractivity contribution in [2.24, 2.45) is 17.6 Å². The van der Waals surface area contributed by atoms with Crippen LogP contribution in [-0.2, 0) is 32.0 Å². The predicted octanol–water partition coefficient (Wildman–Crippen LogP) is 3.62. The molecule has 3 atom stereocenters. The second kappa shape index (κ2) is 23.9. The number of anilines is 2. The van der Waals surface area contributed by atoms with E-state index in [1.165, 1.54) is 11.3 Å². The Morgan fingerprint density at radius 1 is 0.825 bits per heavy atom. The first-order chi connectivity index (χ1) is 27.5. The molecule has 0 aliphatic carbocycles. The number of carbonyl (C=O) groups is 3. The summed E-state index contributed by atoms with van der Waals surface area (Å²) in [7, 11) is 0. The number of aliphatic hydroxyl groups is 1. The van der Waals surface area contributed by atoms with E-state index in [4.69, 9.17) is 20.2 Å². The summed E-state index contributed by atoms with van der Waals surface area (Å²) in [6.07, 6.45) is 0.973. The number of hydrogen-bond donors (Lipinski definition) is 7. The van der Waals surface area contributed by atoms with Crippen molar-refractivity contribution in [1.29, 1.82) is 0 Å². The summed E-state index contributed by atoms with van der Waals surface area (Å²) in [5, 5.41) is 28.2. The first kappa shape index (κ1) is 44.7. The minimum atomic E-state index is -1.46. The maximum Gasteiger partial charge on any atom is 0.251 e. The second-order valence-corrected chi connectivity index (χ2v) is 15.2. The lowest BCUT2D eigenvalue weighted by molar-refractivity contribution is -0.135. The van der Waals surface area contributed by atoms with Gasteiger partial charge in [-0.1, -0.05) is 70.2 Å². The second-order valence-electron chi connectivity index (χ2n) is 14.4. The average Bonchev–Trinajstić information content (AvgIpc) is 3.69. The van der Waals surface area contributed by atoms with Gasteiger partial charge in [-0.05, 0) is 48.4 Å². The molecule has 0 saturated carbocycles. The zero-order valence-electron chi connectivity index (χ0n) is 33.2. The molecule has 4 rings (SSSR count). The van der Waals surface area contributed by atoms with Gasteiger partial charge in [-0.2, -0.15) is 4.98 Å². The molecule has 0 saturated heterocycles. The first-order valence-corrected chi connectivity index (χ1v) is 20.2. The number of hydrogen-bond acceptors (Lipinski definition) is 13. The van der Waals surface area contributed by atoms with Crippen molar-refractivity contribution in [3.8, 4) is 10.6 Å². The Labute approximate surface area is 339 Å². The van der Waals surface area contributed by atoms with Crippen LogP contribution in [0.2, 0.25) is 0 Å². The molecular weight excluding hydrogens is 747 g/mol. The summed E-state index contributed by atoms with van der Waals surface area (Å²) in [5.74, 6) is 0.678. The Morgan fingerprint density at radius 3 is 2.21 bits per heavy atom. The Kier molecular flexibility index (Phi) is 18.8. The standard InChI is InChI=1S/C41H57N9O6S/c1-27(2)22-34(49-39(54)36(51)33(42)23-29-8-6-5-7-9-29)38(53)44-17-19-56-21-20-55-18-16-43-37(52)30-10-12-31(13-11-30)40-48-32(26-57-40)25-47-41-45-15-14-35(50-41)46-24-28(3)4/h5-15,26-28,33-34,36,51H,16-25,42H2,1-4H3,(H,43,52)(H,44,53)(H,49,54)(H2,45,46,47,50)/t33-,34+,36+/m0/s1. The lowest BCUT2D eigenvalue weighted by Gasteiger charge is -2.24. The minimum Gasteiger partial charge on any atom is -0.382 e. The van der Waals surface area contributed by atoms with Gasteiger partial charge in [0, 0.05) is 48.4 Å². The summed E-state index contributed by atoms with van der Waals surface area (Å²) < 4.78 is 11.1. The summed E-state index contributed by atoms with van der Waals surface area (Å²) in [6, 6.07) is 16.9. The van der Waals surface area contributed by atoms with Crippen LogP contribution in [0.5, 0.6) is 0 Å². The van der Waals surface area contributed by atoms with Crippen molar-refractivity contribution in [3.05, 3.63) is 89.1 Å². The normalized spacial score (nSPS) is 12.8. The van der Waals surface area contributed by atoms with Crippen molar-refractivity contribution in [2.45, 2.75) is 65.3 Å². The van der Waals surface area contributed by atoms with Crippen LogP contribution in [0.15, 0.2) is 72.2 Å². The zero-order valence-corrected chi connectivity index (χ0v) is 34.0. The molecule has 15 nitrogen and oxygen atoms in total. The van der Waals surface area contributed by atoms with Crippen LogP contribution in [0.25, 0.3) is 10.6 Å². The van der Waals surface area contributed by atoms with Gasteiger partial charge >= 0.3 is 0 Å². The molecule has 0 unspecified atom stereocenters. The van der Waals surface area contributed by atoms with Crippen LogP contribution in [-0.4, -0.2) is 102 Å². The SMILES string of the molecule is CC(C)CNc1ccnc(NCc2csc(-c3ccc(C(=O)NCCOCCOCCNC(=O)[C@@H](CC(C)C)NC(=O)[C@H](O)[C@@H](N)Cc4ccccc4)cc3)n2)n1. The van der Waals surface area contributed by atoms with Gasteiger partial charge in [-0.15, -0.1) is 11.3 Å². The van der Waals surface area contributed by atoms with Crippen LogP contribution >= 0.6 is 11.3 Å². The predicted molar refractivity (Wildman–Crippen MR) is 223 cm³/mol. The fourth-order valence-corrected chi connectivity index (χ4v) is 6.31. The smallest absolute Gasteiger partial charge is 0.251 e. The number of carbonyl (C=O) groups excluding carboxylic acids is 3. The van der Waals surface area contributed by atoms with E-state index in [0.29, 0.717) is 63.2 Å². The van der Waals surface area contributed by atoms with Crippen molar-refractivity contribution < 1.29 is 29.0 Å². The molecule has 0 spiro atoms. The number of aliphatic hydroxyl groups excluding tert-OH is 1. The number of benzene rings is 2. The molecule has 308 valence electrons. The maximum absolute atomic E-state index is 12.9. The molecule has 57 heavy (non-hydrogen) atoms. The summed E-state index contributed by atoms with van der Waals surface area (Å²) in [6.45, 7) is 11.2. The molecule has 2 aromatic carbocycles. The highest BCUT2D eigenvalue weighted by Crippen LogP contribution is 2.24. The molecule has 2 heterocycles. The van der Waals surface area contributed by atoms with Crippen LogP contribution in [0, 0.1) is 11.8 Å². The number of aromatic nitrogens is 3. The van der Waals surface area contributed by atoms with Crippen molar-refractivity contribution in [1.82, 2.24) is 30.9 Å². The van der Waals surface area contributed by atoms with Gasteiger partial charge < -0.3 is 46.9 Å². The van der Waals surface area contributed by atoms with E-state index in [-0.39, 0.29) is 30.9 Å². The number of nitrogens with zero attached hydrogens (tertiary/aromatic N) is 3. The number of amides is 3. The molecule has 2 aromatic heterocycles. The van der Waals surface area contributed by atoms with Crippen molar-refractivity contribution >= 4 is 40.8 Å². The lowest BCUT2D eigenvalue weighted by atomic mass is 10.00. The number of thiazole rings is 1. The molecule has 0 bridgehead atoms. The van der Waals surface area contributed by atoms with Gasteiger partial charge in [0.2, 0.25) is 11.9 Å². The first-order valence-electron chi connectivity index (χ1n) is 19.3. The van der Waals surface area contributed by atoms with E-state index in [0.717, 1.165) is 34.2 Å². The number of ether oxygens (including phenoxy) is 2. The third kappa shape index (κ3) is 16.2. The van der Waals surface area contributed by atoms with Crippen LogP contribution in [0.4, 0.5) is 11.8 Å². The topological polar surface area (TPSA) is 215 Å². The Morgan fingerprint density at radius 2 is 1.53 bits per heavy atom. The maximum atomic E-state index is 12.9.